The van der Waals surface area contributed by atoms with E-state index in [1.54, 1.807) is 0 Å². The van der Waals surface area contributed by atoms with Crippen LogP contribution in [0.25, 0.3) is 0 Å². The predicted octanol–water partition coefficient (Wildman–Crippen LogP) is 3.79. The number of nitrogens with zero attached hydrogens (tertiary/aromatic N) is 1. The number of carbonyl (C=O) groups excluding carboxylic acids is 1. The van der Waals surface area contributed by atoms with Gasteiger partial charge in [-0.1, -0.05) is 30.4 Å². The third-order valence-corrected chi connectivity index (χ3v) is 6.53. The number of piperidine rings is 1. The average Bonchev–Trinajstić information content (AvgIpc) is 3.12. The fraction of sp³-hybridized carbons (Fsp3) is 0.609. The van der Waals surface area contributed by atoms with E-state index in [1.165, 1.54) is 25.8 Å². The molecule has 1 aromatic rings. The van der Waals surface area contributed by atoms with Gasteiger partial charge in [0.05, 0.1) is 11.7 Å². The second-order valence-electron chi connectivity index (χ2n) is 8.49. The molecule has 2 unspecified atom stereocenters. The topological polar surface area (TPSA) is 41.6 Å². The fourth-order valence-electron chi connectivity index (χ4n) is 4.84. The molecule has 1 amide bonds. The average molecular weight is 369 g/mol. The summed E-state index contributed by atoms with van der Waals surface area (Å²) in [4.78, 5) is 14.9. The number of allylic oxidation sites excluding steroid dienone is 2. The highest BCUT2D eigenvalue weighted by Gasteiger charge is 2.42. The summed E-state index contributed by atoms with van der Waals surface area (Å²) in [6, 6.07) is 9.42. The molecule has 1 N–H and O–H groups in total. The summed E-state index contributed by atoms with van der Waals surface area (Å²) in [7, 11) is 0. The van der Waals surface area contributed by atoms with Gasteiger partial charge in [0, 0.05) is 31.7 Å². The first-order chi connectivity index (χ1) is 13.2. The molecule has 3 aliphatic rings. The summed E-state index contributed by atoms with van der Waals surface area (Å²) in [5, 5.41) is 3.05. The highest BCUT2D eigenvalue weighted by atomic mass is 16.5. The van der Waals surface area contributed by atoms with Crippen molar-refractivity contribution in [1.82, 2.24) is 10.2 Å². The van der Waals surface area contributed by atoms with Crippen LogP contribution in [0.1, 0.15) is 55.3 Å². The van der Waals surface area contributed by atoms with Crippen LogP contribution in [0.3, 0.4) is 0 Å². The van der Waals surface area contributed by atoms with E-state index in [0.717, 1.165) is 50.3 Å². The van der Waals surface area contributed by atoms with Gasteiger partial charge in [-0.2, -0.15) is 0 Å². The normalized spacial score (nSPS) is 27.7. The van der Waals surface area contributed by atoms with Gasteiger partial charge in [-0.15, -0.1) is 0 Å². The van der Waals surface area contributed by atoms with Crippen LogP contribution in [0.5, 0.6) is 0 Å². The smallest absolute Gasteiger partial charge is 0.251 e. The third-order valence-electron chi connectivity index (χ3n) is 6.53. The molecule has 0 aromatic heterocycles. The van der Waals surface area contributed by atoms with E-state index in [1.807, 2.05) is 30.3 Å². The van der Waals surface area contributed by atoms with E-state index in [2.05, 4.69) is 22.4 Å². The third kappa shape index (κ3) is 4.80. The molecule has 1 aliphatic carbocycles. The van der Waals surface area contributed by atoms with Gasteiger partial charge in [0.25, 0.3) is 5.91 Å². The van der Waals surface area contributed by atoms with E-state index < -0.39 is 0 Å². The molecule has 2 atom stereocenters. The molecule has 0 radical (unpaired) electrons. The van der Waals surface area contributed by atoms with Gasteiger partial charge in [0.2, 0.25) is 0 Å². The summed E-state index contributed by atoms with van der Waals surface area (Å²) in [5.74, 6) is 0.839. The lowest BCUT2D eigenvalue weighted by molar-refractivity contribution is -0.0769. The maximum Gasteiger partial charge on any atom is 0.251 e. The van der Waals surface area contributed by atoms with Gasteiger partial charge in [0.1, 0.15) is 0 Å². The zero-order valence-electron chi connectivity index (χ0n) is 16.2. The molecule has 2 fully saturated rings. The second kappa shape index (κ2) is 8.57. The van der Waals surface area contributed by atoms with E-state index in [4.69, 9.17) is 4.74 Å². The van der Waals surface area contributed by atoms with E-state index in [0.29, 0.717) is 6.54 Å². The molecule has 1 spiro atoms. The van der Waals surface area contributed by atoms with E-state index >= 15 is 0 Å². The Balaban J connectivity index is 1.20. The molecular formula is C23H32N2O2. The molecular weight excluding hydrogens is 336 g/mol. The quantitative estimate of drug-likeness (QED) is 0.804. The molecule has 146 valence electrons. The van der Waals surface area contributed by atoms with Gasteiger partial charge in [-0.3, -0.25) is 4.79 Å². The number of amides is 1. The van der Waals surface area contributed by atoms with Crippen LogP contribution in [0.4, 0.5) is 0 Å². The van der Waals surface area contributed by atoms with Crippen LogP contribution in [-0.2, 0) is 4.74 Å². The van der Waals surface area contributed by atoms with Crippen molar-refractivity contribution in [3.8, 4) is 0 Å². The Morgan fingerprint density at radius 2 is 1.93 bits per heavy atom. The lowest BCUT2D eigenvalue weighted by atomic mass is 9.87. The van der Waals surface area contributed by atoms with Crippen molar-refractivity contribution in [3.63, 3.8) is 0 Å². The van der Waals surface area contributed by atoms with Gasteiger partial charge < -0.3 is 15.0 Å². The minimum absolute atomic E-state index is 0.00324. The Kier molecular flexibility index (Phi) is 5.94. The van der Waals surface area contributed by atoms with Crippen molar-refractivity contribution in [2.24, 2.45) is 5.92 Å². The van der Waals surface area contributed by atoms with Crippen molar-refractivity contribution in [2.75, 3.05) is 26.2 Å². The Bertz CT molecular complexity index is 650. The largest absolute Gasteiger partial charge is 0.370 e. The van der Waals surface area contributed by atoms with Crippen LogP contribution in [0.2, 0.25) is 0 Å². The molecule has 4 heteroatoms. The number of hydrogen-bond acceptors (Lipinski definition) is 3. The van der Waals surface area contributed by atoms with Crippen molar-refractivity contribution in [3.05, 3.63) is 48.0 Å². The van der Waals surface area contributed by atoms with E-state index in [9.17, 15) is 4.79 Å². The second-order valence-corrected chi connectivity index (χ2v) is 8.49. The molecule has 4 nitrogen and oxygen atoms in total. The Labute approximate surface area is 163 Å². The first-order valence-corrected chi connectivity index (χ1v) is 10.6. The van der Waals surface area contributed by atoms with Crippen LogP contribution < -0.4 is 5.32 Å². The highest BCUT2D eigenvalue weighted by Crippen LogP contribution is 2.39. The van der Waals surface area contributed by atoms with Crippen LogP contribution >= 0.6 is 0 Å². The van der Waals surface area contributed by atoms with Gasteiger partial charge in [-0.25, -0.2) is 0 Å². The lowest BCUT2D eigenvalue weighted by Crippen LogP contribution is -2.46. The number of carbonyl (C=O) groups is 1. The van der Waals surface area contributed by atoms with Gasteiger partial charge in [-0.05, 0) is 63.0 Å². The van der Waals surface area contributed by atoms with E-state index in [-0.39, 0.29) is 17.6 Å². The maximum absolute atomic E-state index is 12.2. The first kappa shape index (κ1) is 18.7. The fourth-order valence-corrected chi connectivity index (χ4v) is 4.84. The molecule has 2 saturated heterocycles. The molecule has 0 bridgehead atoms. The molecule has 0 saturated carbocycles. The molecule has 2 heterocycles. The monoisotopic (exact) mass is 368 g/mol. The van der Waals surface area contributed by atoms with Crippen LogP contribution in [0.15, 0.2) is 42.5 Å². The minimum Gasteiger partial charge on any atom is -0.370 e. The van der Waals surface area contributed by atoms with Gasteiger partial charge >= 0.3 is 0 Å². The van der Waals surface area contributed by atoms with Crippen LogP contribution in [-0.4, -0.2) is 48.7 Å². The van der Waals surface area contributed by atoms with Crippen molar-refractivity contribution in [1.29, 1.82) is 0 Å². The zero-order valence-corrected chi connectivity index (χ0v) is 16.2. The Morgan fingerprint density at radius 1 is 1.11 bits per heavy atom. The van der Waals surface area contributed by atoms with Crippen molar-refractivity contribution >= 4 is 5.91 Å². The maximum atomic E-state index is 12.2. The lowest BCUT2D eigenvalue weighted by Gasteiger charge is -2.40. The molecule has 2 aliphatic heterocycles. The summed E-state index contributed by atoms with van der Waals surface area (Å²) in [5.41, 5.74) is 0.779. The summed E-state index contributed by atoms with van der Waals surface area (Å²) in [6.07, 6.45) is 13.2. The Hall–Kier alpha value is -1.65. The number of ether oxygens (including phenoxy) is 1. The minimum atomic E-state index is -0.00324. The first-order valence-electron chi connectivity index (χ1n) is 10.6. The van der Waals surface area contributed by atoms with Crippen molar-refractivity contribution < 1.29 is 9.53 Å². The highest BCUT2D eigenvalue weighted by molar-refractivity contribution is 5.94. The summed E-state index contributed by atoms with van der Waals surface area (Å²) >= 11 is 0. The Morgan fingerprint density at radius 3 is 2.67 bits per heavy atom. The summed E-state index contributed by atoms with van der Waals surface area (Å²) in [6.45, 7) is 4.18. The zero-order chi connectivity index (χ0) is 18.5. The predicted molar refractivity (Wildman–Crippen MR) is 108 cm³/mol. The molecule has 4 rings (SSSR count). The summed E-state index contributed by atoms with van der Waals surface area (Å²) < 4.78 is 6.46. The van der Waals surface area contributed by atoms with Gasteiger partial charge in [0.15, 0.2) is 0 Å². The SMILES string of the molecule is O=C(NCC1CCC2(CCN(CC3CC=CCC3)CC2)O1)c1ccccc1. The number of rotatable bonds is 5. The number of benzene rings is 1. The molecule has 27 heavy (non-hydrogen) atoms. The number of hydrogen-bond donors (Lipinski definition) is 1. The van der Waals surface area contributed by atoms with Crippen molar-refractivity contribution in [2.45, 2.75) is 56.7 Å². The van der Waals surface area contributed by atoms with Crippen LogP contribution in [0, 0.1) is 5.92 Å². The number of likely N-dealkylation sites (tertiary alicyclic amines) is 1. The molecule has 1 aromatic carbocycles. The number of nitrogens with one attached hydrogen (secondary N) is 1. The standard InChI is InChI=1S/C23H32N2O2/c26-22(20-9-5-2-6-10-20)24-17-21-11-12-23(27-21)13-15-25(16-14-23)18-19-7-3-1-4-8-19/h1-3,5-6,9-10,19,21H,4,7-8,11-18H2,(H,24,26).